The predicted octanol–water partition coefficient (Wildman–Crippen LogP) is 0.628. The first-order chi connectivity index (χ1) is 7.01. The monoisotopic (exact) mass is 214 g/mol. The second-order valence-electron chi connectivity index (χ2n) is 2.86. The van der Waals surface area contributed by atoms with E-state index < -0.39 is 11.9 Å². The van der Waals surface area contributed by atoms with Gasteiger partial charge >= 0.3 is 11.9 Å². The molecule has 0 aliphatic rings. The predicted molar refractivity (Wildman–Crippen MR) is 52.0 cm³/mol. The summed E-state index contributed by atoms with van der Waals surface area (Å²) in [5.41, 5.74) is 0.215. The van der Waals surface area contributed by atoms with Crippen LogP contribution in [0, 0.1) is 0 Å². The Kier molecular flexibility index (Phi) is 6.01. The van der Waals surface area contributed by atoms with E-state index in [0.29, 0.717) is 0 Å². The highest BCUT2D eigenvalue weighted by molar-refractivity contribution is 5.99. The Hall–Kier alpha value is -1.65. The number of carbonyl (C=O) groups is 3. The molecule has 0 saturated heterocycles. The number of ether oxygens (including phenoxy) is 2. The van der Waals surface area contributed by atoms with E-state index in [0.717, 1.165) is 6.08 Å². The van der Waals surface area contributed by atoms with Gasteiger partial charge in [-0.25, -0.2) is 4.79 Å². The van der Waals surface area contributed by atoms with Crippen molar-refractivity contribution in [3.8, 4) is 0 Å². The van der Waals surface area contributed by atoms with Crippen molar-refractivity contribution in [2.24, 2.45) is 0 Å². The standard InChI is InChI=1S/C10H14O5/c1-7(10(13)15-3)6-8(11)4-5-9(12)14-2/h6H,4-5H2,1-3H3/b7-6+. The minimum Gasteiger partial charge on any atom is -0.469 e. The van der Waals surface area contributed by atoms with Crippen molar-refractivity contribution in [1.29, 1.82) is 0 Å². The summed E-state index contributed by atoms with van der Waals surface area (Å²) in [6.45, 7) is 1.47. The molecule has 0 spiro atoms. The molecule has 0 aliphatic carbocycles. The van der Waals surface area contributed by atoms with Gasteiger partial charge in [-0.05, 0) is 13.0 Å². The molecule has 0 fully saturated rings. The molecule has 5 nitrogen and oxygen atoms in total. The Morgan fingerprint density at radius 2 is 1.67 bits per heavy atom. The zero-order chi connectivity index (χ0) is 11.8. The summed E-state index contributed by atoms with van der Waals surface area (Å²) in [5, 5.41) is 0. The van der Waals surface area contributed by atoms with Gasteiger partial charge in [0.25, 0.3) is 0 Å². The summed E-state index contributed by atoms with van der Waals surface area (Å²) >= 11 is 0. The maximum Gasteiger partial charge on any atom is 0.333 e. The number of hydrogen-bond donors (Lipinski definition) is 0. The van der Waals surface area contributed by atoms with Gasteiger partial charge in [0.15, 0.2) is 5.78 Å². The third kappa shape index (κ3) is 5.61. The highest BCUT2D eigenvalue weighted by Crippen LogP contribution is 2.00. The second-order valence-corrected chi connectivity index (χ2v) is 2.86. The number of allylic oxidation sites excluding steroid dienone is 1. The molecule has 0 amide bonds. The normalized spacial score (nSPS) is 10.7. The number of esters is 2. The molecule has 84 valence electrons. The molecule has 0 heterocycles. The largest absolute Gasteiger partial charge is 0.469 e. The zero-order valence-corrected chi connectivity index (χ0v) is 9.03. The van der Waals surface area contributed by atoms with Gasteiger partial charge in [-0.1, -0.05) is 0 Å². The van der Waals surface area contributed by atoms with E-state index >= 15 is 0 Å². The molecule has 0 aromatic carbocycles. The topological polar surface area (TPSA) is 69.7 Å². The van der Waals surface area contributed by atoms with Crippen LogP contribution in [0.3, 0.4) is 0 Å². The number of rotatable bonds is 5. The Bertz CT molecular complexity index is 290. The molecular weight excluding hydrogens is 200 g/mol. The minimum absolute atomic E-state index is 0.0142. The molecule has 5 heteroatoms. The van der Waals surface area contributed by atoms with Gasteiger partial charge in [0.2, 0.25) is 0 Å². The Labute approximate surface area is 88.0 Å². The fraction of sp³-hybridized carbons (Fsp3) is 0.500. The van der Waals surface area contributed by atoms with Crippen molar-refractivity contribution in [1.82, 2.24) is 0 Å². The molecule has 0 N–H and O–H groups in total. The van der Waals surface area contributed by atoms with Gasteiger partial charge in [0.1, 0.15) is 0 Å². The molecule has 0 unspecified atom stereocenters. The van der Waals surface area contributed by atoms with E-state index in [1.54, 1.807) is 0 Å². The van der Waals surface area contributed by atoms with Crippen molar-refractivity contribution in [2.45, 2.75) is 19.8 Å². The summed E-state index contributed by atoms with van der Waals surface area (Å²) in [6, 6.07) is 0. The fourth-order valence-electron chi connectivity index (χ4n) is 0.861. The summed E-state index contributed by atoms with van der Waals surface area (Å²) in [6.07, 6.45) is 1.20. The van der Waals surface area contributed by atoms with Crippen LogP contribution in [-0.4, -0.2) is 31.9 Å². The Morgan fingerprint density at radius 1 is 1.07 bits per heavy atom. The molecule has 15 heavy (non-hydrogen) atoms. The third-order valence-electron chi connectivity index (χ3n) is 1.69. The van der Waals surface area contributed by atoms with Gasteiger partial charge < -0.3 is 9.47 Å². The van der Waals surface area contributed by atoms with E-state index in [9.17, 15) is 14.4 Å². The van der Waals surface area contributed by atoms with Crippen molar-refractivity contribution in [3.05, 3.63) is 11.6 Å². The molecule has 0 aliphatic heterocycles. The van der Waals surface area contributed by atoms with Crippen LogP contribution in [0.15, 0.2) is 11.6 Å². The van der Waals surface area contributed by atoms with E-state index in [1.165, 1.54) is 21.1 Å². The molecule has 0 atom stereocenters. The average molecular weight is 214 g/mol. The van der Waals surface area contributed by atoms with Crippen LogP contribution in [-0.2, 0) is 23.9 Å². The van der Waals surface area contributed by atoms with Crippen molar-refractivity contribution < 1.29 is 23.9 Å². The number of ketones is 1. The first-order valence-electron chi connectivity index (χ1n) is 4.37. The second kappa shape index (κ2) is 6.75. The lowest BCUT2D eigenvalue weighted by molar-refractivity contribution is -0.141. The van der Waals surface area contributed by atoms with Gasteiger partial charge in [-0.3, -0.25) is 9.59 Å². The molecule has 0 saturated carbocycles. The summed E-state index contributed by atoms with van der Waals surface area (Å²) < 4.78 is 8.78. The first-order valence-corrected chi connectivity index (χ1v) is 4.37. The van der Waals surface area contributed by atoms with Crippen LogP contribution in [0.4, 0.5) is 0 Å². The highest BCUT2D eigenvalue weighted by atomic mass is 16.5. The lowest BCUT2D eigenvalue weighted by Gasteiger charge is -1.98. The molecule has 0 aromatic rings. The average Bonchev–Trinajstić information content (AvgIpc) is 2.24. The van der Waals surface area contributed by atoms with Gasteiger partial charge in [-0.2, -0.15) is 0 Å². The van der Waals surface area contributed by atoms with E-state index in [4.69, 9.17) is 0 Å². The Morgan fingerprint density at radius 3 is 2.13 bits per heavy atom. The van der Waals surface area contributed by atoms with Crippen LogP contribution in [0.2, 0.25) is 0 Å². The maximum absolute atomic E-state index is 11.2. The number of hydrogen-bond acceptors (Lipinski definition) is 5. The highest BCUT2D eigenvalue weighted by Gasteiger charge is 2.08. The smallest absolute Gasteiger partial charge is 0.333 e. The van der Waals surface area contributed by atoms with E-state index in [-0.39, 0.29) is 24.2 Å². The zero-order valence-electron chi connectivity index (χ0n) is 9.03. The molecular formula is C10H14O5. The molecule has 0 aromatic heterocycles. The molecule has 0 rings (SSSR count). The van der Waals surface area contributed by atoms with E-state index in [2.05, 4.69) is 9.47 Å². The summed E-state index contributed by atoms with van der Waals surface area (Å²) in [4.78, 5) is 32.8. The van der Waals surface area contributed by atoms with Crippen LogP contribution in [0.25, 0.3) is 0 Å². The SMILES string of the molecule is COC(=O)CCC(=O)/C=C(\C)C(=O)OC. The fourth-order valence-corrected chi connectivity index (χ4v) is 0.861. The third-order valence-corrected chi connectivity index (χ3v) is 1.69. The number of carbonyl (C=O) groups excluding carboxylic acids is 3. The minimum atomic E-state index is -0.554. The van der Waals surface area contributed by atoms with Crippen molar-refractivity contribution in [2.75, 3.05) is 14.2 Å². The lowest BCUT2D eigenvalue weighted by atomic mass is 10.1. The van der Waals surface area contributed by atoms with E-state index in [1.807, 2.05) is 0 Å². The van der Waals surface area contributed by atoms with Gasteiger partial charge in [0, 0.05) is 12.0 Å². The first kappa shape index (κ1) is 13.4. The van der Waals surface area contributed by atoms with Crippen molar-refractivity contribution >= 4 is 17.7 Å². The van der Waals surface area contributed by atoms with Crippen LogP contribution in [0.5, 0.6) is 0 Å². The summed E-state index contributed by atoms with van der Waals surface area (Å²) in [7, 11) is 2.49. The molecule has 0 radical (unpaired) electrons. The van der Waals surface area contributed by atoms with Crippen LogP contribution < -0.4 is 0 Å². The maximum atomic E-state index is 11.2. The Balaban J connectivity index is 4.13. The summed E-state index contributed by atoms with van der Waals surface area (Å²) in [5.74, 6) is -1.31. The van der Waals surface area contributed by atoms with Gasteiger partial charge in [0.05, 0.1) is 20.6 Å². The number of methoxy groups -OCH3 is 2. The quantitative estimate of drug-likeness (QED) is 0.496. The van der Waals surface area contributed by atoms with Crippen LogP contribution in [0.1, 0.15) is 19.8 Å². The van der Waals surface area contributed by atoms with Crippen molar-refractivity contribution in [3.63, 3.8) is 0 Å². The van der Waals surface area contributed by atoms with Crippen LogP contribution >= 0.6 is 0 Å². The lowest BCUT2D eigenvalue weighted by Crippen LogP contribution is -2.07. The molecule has 0 bridgehead atoms. The van der Waals surface area contributed by atoms with Gasteiger partial charge in [-0.15, -0.1) is 0 Å².